The molecule has 1 unspecified atom stereocenters. The number of ether oxygens (including phenoxy) is 1. The quantitative estimate of drug-likeness (QED) is 0.438. The molecule has 1 atom stereocenters. The normalized spacial score (nSPS) is 17.3. The van der Waals surface area contributed by atoms with Gasteiger partial charge >= 0.3 is 6.09 Å². The zero-order valence-electron chi connectivity index (χ0n) is 21.0. The van der Waals surface area contributed by atoms with Gasteiger partial charge in [0.2, 0.25) is 0 Å². The smallest absolute Gasteiger partial charge is 0.410 e. The van der Waals surface area contributed by atoms with E-state index in [1.165, 1.54) is 12.1 Å². The van der Waals surface area contributed by atoms with Crippen LogP contribution in [0.5, 0.6) is 0 Å². The number of hydrogen-bond acceptors (Lipinski definition) is 4. The molecule has 0 aromatic heterocycles. The summed E-state index contributed by atoms with van der Waals surface area (Å²) in [6.45, 7) is 6.27. The molecule has 35 heavy (non-hydrogen) atoms. The predicted molar refractivity (Wildman–Crippen MR) is 136 cm³/mol. The number of amidine groups is 1. The maximum Gasteiger partial charge on any atom is 0.410 e. The van der Waals surface area contributed by atoms with Crippen molar-refractivity contribution >= 4 is 23.9 Å². The maximum absolute atomic E-state index is 13.4. The average molecular weight is 478 g/mol. The van der Waals surface area contributed by atoms with Crippen molar-refractivity contribution in [3.8, 4) is 11.8 Å². The fraction of sp³-hybridized carbons (Fsp3) is 0.393. The van der Waals surface area contributed by atoms with Gasteiger partial charge in [-0.3, -0.25) is 4.79 Å². The maximum atomic E-state index is 13.4. The molecular weight excluding hydrogens is 445 g/mol. The average Bonchev–Trinajstić information content (AvgIpc) is 2.98. The lowest BCUT2D eigenvalue weighted by Gasteiger charge is -2.30. The number of hydrogen-bond donors (Lipinski definition) is 0. The summed E-state index contributed by atoms with van der Waals surface area (Å²) >= 11 is 0. The molecule has 0 N–H and O–H groups in total. The number of carbonyl (C=O) groups excluding carboxylic acids is 2. The van der Waals surface area contributed by atoms with Gasteiger partial charge in [-0.2, -0.15) is 0 Å². The Morgan fingerprint density at radius 2 is 1.89 bits per heavy atom. The van der Waals surface area contributed by atoms with E-state index in [4.69, 9.17) is 9.73 Å². The highest BCUT2D eigenvalue weighted by molar-refractivity contribution is 5.90. The van der Waals surface area contributed by atoms with Crippen molar-refractivity contribution < 1.29 is 18.7 Å². The summed E-state index contributed by atoms with van der Waals surface area (Å²) in [6.07, 6.45) is 2.60. The largest absolute Gasteiger partial charge is 0.444 e. The van der Waals surface area contributed by atoms with Gasteiger partial charge in [-0.05, 0) is 70.0 Å². The minimum absolute atomic E-state index is 0.0222. The van der Waals surface area contributed by atoms with Gasteiger partial charge in [0.15, 0.2) is 6.29 Å². The van der Waals surface area contributed by atoms with Crippen LogP contribution in [0.15, 0.2) is 47.5 Å². The Bertz CT molecular complexity index is 1170. The standard InChI is InChI=1S/C28H32FN3O3/c1-28(2,3)35-27(34)32(5)24-13-14-26(31(4)16-15-24)30-25-18-21(11-12-22(25)19-33)10-9-20-7-6-8-23(29)17-20/h6-8,11-12,17-19,24H,13-16H2,1-5H3. The summed E-state index contributed by atoms with van der Waals surface area (Å²) in [5.41, 5.74) is 1.70. The van der Waals surface area contributed by atoms with Gasteiger partial charge in [0.05, 0.1) is 5.69 Å². The van der Waals surface area contributed by atoms with E-state index < -0.39 is 5.60 Å². The highest BCUT2D eigenvalue weighted by Crippen LogP contribution is 2.24. The van der Waals surface area contributed by atoms with E-state index in [9.17, 15) is 14.0 Å². The second-order valence-electron chi connectivity index (χ2n) is 9.67. The second kappa shape index (κ2) is 11.2. The highest BCUT2D eigenvalue weighted by Gasteiger charge is 2.28. The molecular formula is C28H32FN3O3. The van der Waals surface area contributed by atoms with Crippen molar-refractivity contribution in [1.29, 1.82) is 0 Å². The molecule has 1 heterocycles. The zero-order chi connectivity index (χ0) is 25.6. The number of likely N-dealkylation sites (tertiary alicyclic amines) is 1. The van der Waals surface area contributed by atoms with Crippen LogP contribution in [0.3, 0.4) is 0 Å². The van der Waals surface area contributed by atoms with Crippen LogP contribution in [0.2, 0.25) is 0 Å². The number of nitrogens with zero attached hydrogens (tertiary/aromatic N) is 3. The van der Waals surface area contributed by atoms with Crippen molar-refractivity contribution in [1.82, 2.24) is 9.80 Å². The van der Waals surface area contributed by atoms with E-state index in [2.05, 4.69) is 16.7 Å². The molecule has 1 saturated heterocycles. The first-order chi connectivity index (χ1) is 16.6. The molecule has 0 spiro atoms. The van der Waals surface area contributed by atoms with E-state index >= 15 is 0 Å². The lowest BCUT2D eigenvalue weighted by Crippen LogP contribution is -2.41. The Morgan fingerprint density at radius 3 is 2.54 bits per heavy atom. The summed E-state index contributed by atoms with van der Waals surface area (Å²) in [5.74, 6) is 6.46. The number of benzene rings is 2. The third kappa shape index (κ3) is 7.41. The Hall–Kier alpha value is -3.66. The second-order valence-corrected chi connectivity index (χ2v) is 9.67. The van der Waals surface area contributed by atoms with Crippen molar-refractivity contribution in [2.24, 2.45) is 4.99 Å². The van der Waals surface area contributed by atoms with E-state index in [0.29, 0.717) is 35.3 Å². The summed E-state index contributed by atoms with van der Waals surface area (Å²) in [7, 11) is 3.73. The molecule has 2 aromatic carbocycles. The molecule has 6 nitrogen and oxygen atoms in total. The molecule has 0 aliphatic carbocycles. The fourth-order valence-electron chi connectivity index (χ4n) is 3.78. The number of carbonyl (C=O) groups is 2. The Morgan fingerprint density at radius 1 is 1.17 bits per heavy atom. The molecule has 0 radical (unpaired) electrons. The number of halogens is 1. The van der Waals surface area contributed by atoms with Crippen LogP contribution in [-0.2, 0) is 4.74 Å². The molecule has 0 bridgehead atoms. The molecule has 1 aliphatic rings. The van der Waals surface area contributed by atoms with Crippen LogP contribution in [-0.4, -0.2) is 60.3 Å². The van der Waals surface area contributed by atoms with Gasteiger partial charge in [0.25, 0.3) is 0 Å². The van der Waals surface area contributed by atoms with Crippen molar-refractivity contribution in [2.45, 2.75) is 51.7 Å². The Labute approximate surface area is 206 Å². The minimum Gasteiger partial charge on any atom is -0.444 e. The molecule has 0 saturated carbocycles. The van der Waals surface area contributed by atoms with E-state index in [1.54, 1.807) is 42.3 Å². The van der Waals surface area contributed by atoms with Crippen molar-refractivity contribution in [3.05, 3.63) is 65.0 Å². The molecule has 1 aliphatic heterocycles. The first kappa shape index (κ1) is 26.0. The Balaban J connectivity index is 1.81. The first-order valence-electron chi connectivity index (χ1n) is 11.7. The molecule has 2 aromatic rings. The predicted octanol–water partition coefficient (Wildman–Crippen LogP) is 5.42. The van der Waals surface area contributed by atoms with Crippen LogP contribution in [0.1, 0.15) is 61.5 Å². The van der Waals surface area contributed by atoms with Crippen LogP contribution < -0.4 is 0 Å². The monoisotopic (exact) mass is 477 g/mol. The van der Waals surface area contributed by atoms with Crippen molar-refractivity contribution in [3.63, 3.8) is 0 Å². The molecule has 7 heteroatoms. The molecule has 3 rings (SSSR count). The lowest BCUT2D eigenvalue weighted by atomic mass is 10.1. The van der Waals surface area contributed by atoms with E-state index in [0.717, 1.165) is 25.0 Å². The fourth-order valence-corrected chi connectivity index (χ4v) is 3.78. The van der Waals surface area contributed by atoms with Crippen LogP contribution in [0.25, 0.3) is 0 Å². The van der Waals surface area contributed by atoms with Crippen LogP contribution >= 0.6 is 0 Å². The molecule has 1 fully saturated rings. The topological polar surface area (TPSA) is 62.2 Å². The van der Waals surface area contributed by atoms with Gasteiger partial charge < -0.3 is 14.5 Å². The SMILES string of the molecule is CN1CCC(N(C)C(=O)OC(C)(C)C)CCC1=Nc1cc(C#Cc2cccc(F)c2)ccc1C=O. The number of aldehydes is 1. The zero-order valence-corrected chi connectivity index (χ0v) is 21.0. The van der Waals surface area contributed by atoms with Crippen molar-refractivity contribution in [2.75, 3.05) is 20.6 Å². The minimum atomic E-state index is -0.548. The van der Waals surface area contributed by atoms with Gasteiger partial charge in [-0.15, -0.1) is 0 Å². The summed E-state index contributed by atoms with van der Waals surface area (Å²) < 4.78 is 18.9. The van der Waals surface area contributed by atoms with E-state index in [1.807, 2.05) is 27.8 Å². The Kier molecular flexibility index (Phi) is 8.29. The van der Waals surface area contributed by atoms with Gasteiger partial charge in [-0.1, -0.05) is 17.9 Å². The van der Waals surface area contributed by atoms with Gasteiger partial charge in [0.1, 0.15) is 17.3 Å². The number of amides is 1. The summed E-state index contributed by atoms with van der Waals surface area (Å²) in [4.78, 5) is 32.7. The summed E-state index contributed by atoms with van der Waals surface area (Å²) in [5, 5.41) is 0. The lowest BCUT2D eigenvalue weighted by molar-refractivity contribution is 0.0209. The third-order valence-electron chi connectivity index (χ3n) is 5.75. The number of aliphatic imine (C=N–C) groups is 1. The van der Waals surface area contributed by atoms with Crippen LogP contribution in [0.4, 0.5) is 14.9 Å². The van der Waals surface area contributed by atoms with E-state index in [-0.39, 0.29) is 18.0 Å². The highest BCUT2D eigenvalue weighted by atomic mass is 19.1. The van der Waals surface area contributed by atoms with Crippen LogP contribution in [0, 0.1) is 17.7 Å². The molecule has 1 amide bonds. The first-order valence-corrected chi connectivity index (χ1v) is 11.7. The van der Waals surface area contributed by atoms with Gasteiger partial charge in [0, 0.05) is 49.8 Å². The third-order valence-corrected chi connectivity index (χ3v) is 5.75. The summed E-state index contributed by atoms with van der Waals surface area (Å²) in [6, 6.07) is 11.3. The van der Waals surface area contributed by atoms with Gasteiger partial charge in [-0.25, -0.2) is 14.2 Å². The number of rotatable bonds is 3. The molecule has 184 valence electrons.